The Kier molecular flexibility index (Phi) is 2.52. The highest BCUT2D eigenvalue weighted by Crippen LogP contribution is 2.40. The van der Waals surface area contributed by atoms with E-state index in [1.807, 2.05) is 52.0 Å². The zero-order valence-corrected chi connectivity index (χ0v) is 10.7. The van der Waals surface area contributed by atoms with Gasteiger partial charge in [-0.25, -0.2) is 0 Å². The predicted octanol–water partition coefficient (Wildman–Crippen LogP) is 2.39. The molecule has 0 bridgehead atoms. The number of nitrogens with two attached hydrogens (primary N) is 1. The van der Waals surface area contributed by atoms with Gasteiger partial charge in [0, 0.05) is 11.4 Å². The molecule has 1 heterocycles. The Labute approximate surface area is 102 Å². The minimum atomic E-state index is -0.735. The average Bonchev–Trinajstić information content (AvgIpc) is 2.42. The molecular weight excluding hydrogens is 214 g/mol. The summed E-state index contributed by atoms with van der Waals surface area (Å²) in [6, 6.07) is 7.45. The fourth-order valence-corrected chi connectivity index (χ4v) is 2.19. The number of hydrogen-bond acceptors (Lipinski definition) is 4. The van der Waals surface area contributed by atoms with Crippen molar-refractivity contribution in [1.82, 2.24) is 5.06 Å². The molecule has 0 radical (unpaired) electrons. The third kappa shape index (κ3) is 1.64. The molecular formula is C13H19N3O. The van der Waals surface area contributed by atoms with Crippen molar-refractivity contribution in [1.29, 1.82) is 0 Å². The van der Waals surface area contributed by atoms with Gasteiger partial charge in [-0.05, 0) is 45.4 Å². The molecule has 0 aromatic heterocycles. The number of hydroxylamine groups is 2. The van der Waals surface area contributed by atoms with E-state index in [9.17, 15) is 5.21 Å². The largest absolute Gasteiger partial charge is 0.399 e. The van der Waals surface area contributed by atoms with Crippen LogP contribution >= 0.6 is 0 Å². The van der Waals surface area contributed by atoms with Gasteiger partial charge < -0.3 is 10.9 Å². The summed E-state index contributed by atoms with van der Waals surface area (Å²) in [7, 11) is 0. The van der Waals surface area contributed by atoms with Crippen molar-refractivity contribution >= 4 is 11.4 Å². The Hall–Kier alpha value is -1.39. The van der Waals surface area contributed by atoms with E-state index in [1.54, 1.807) is 0 Å². The van der Waals surface area contributed by atoms with E-state index in [1.165, 1.54) is 5.06 Å². The van der Waals surface area contributed by atoms with Gasteiger partial charge in [-0.2, -0.15) is 0 Å². The first-order valence-electron chi connectivity index (χ1n) is 5.70. The summed E-state index contributed by atoms with van der Waals surface area (Å²) >= 11 is 0. The molecule has 3 N–H and O–H groups in total. The van der Waals surface area contributed by atoms with E-state index >= 15 is 0 Å². The third-order valence-electron chi connectivity index (χ3n) is 3.67. The molecule has 1 atom stereocenters. The van der Waals surface area contributed by atoms with Gasteiger partial charge in [-0.1, -0.05) is 12.1 Å². The molecule has 17 heavy (non-hydrogen) atoms. The van der Waals surface area contributed by atoms with Crippen LogP contribution in [0.5, 0.6) is 0 Å². The highest BCUT2D eigenvalue weighted by Gasteiger charge is 2.48. The zero-order valence-electron chi connectivity index (χ0n) is 10.7. The van der Waals surface area contributed by atoms with Crippen molar-refractivity contribution in [3.05, 3.63) is 29.8 Å². The van der Waals surface area contributed by atoms with E-state index in [4.69, 9.17) is 5.73 Å². The van der Waals surface area contributed by atoms with Gasteiger partial charge in [0.2, 0.25) is 0 Å². The van der Waals surface area contributed by atoms with Crippen LogP contribution in [0.3, 0.4) is 0 Å². The molecule has 0 amide bonds. The lowest BCUT2D eigenvalue weighted by atomic mass is 9.97. The summed E-state index contributed by atoms with van der Waals surface area (Å²) in [6.45, 7) is 7.74. The molecule has 0 aliphatic carbocycles. The maximum atomic E-state index is 10.4. The average molecular weight is 233 g/mol. The van der Waals surface area contributed by atoms with Crippen LogP contribution in [-0.4, -0.2) is 21.5 Å². The van der Waals surface area contributed by atoms with Gasteiger partial charge >= 0.3 is 0 Å². The Balaban J connectivity index is 2.48. The normalized spacial score (nSPS) is 28.2. The third-order valence-corrected chi connectivity index (χ3v) is 3.67. The molecule has 0 fully saturated rings. The fourth-order valence-electron chi connectivity index (χ4n) is 2.19. The minimum absolute atomic E-state index is 0.448. The lowest BCUT2D eigenvalue weighted by molar-refractivity contribution is -0.198. The van der Waals surface area contributed by atoms with Crippen molar-refractivity contribution in [3.8, 4) is 0 Å². The molecule has 0 saturated heterocycles. The molecule has 4 nitrogen and oxygen atoms in total. The molecule has 92 valence electrons. The van der Waals surface area contributed by atoms with Gasteiger partial charge in [0.25, 0.3) is 0 Å². The highest BCUT2D eigenvalue weighted by atomic mass is 16.5. The van der Waals surface area contributed by atoms with Crippen molar-refractivity contribution in [2.24, 2.45) is 4.99 Å². The molecule has 1 aromatic rings. The van der Waals surface area contributed by atoms with Crippen LogP contribution in [0.15, 0.2) is 29.3 Å². The molecule has 2 rings (SSSR count). The molecule has 0 saturated carbocycles. The summed E-state index contributed by atoms with van der Waals surface area (Å²) in [5.41, 5.74) is 7.04. The van der Waals surface area contributed by atoms with Crippen LogP contribution < -0.4 is 5.73 Å². The van der Waals surface area contributed by atoms with Crippen molar-refractivity contribution < 1.29 is 5.21 Å². The first-order valence-corrected chi connectivity index (χ1v) is 5.70. The van der Waals surface area contributed by atoms with E-state index in [0.29, 0.717) is 5.69 Å². The topological polar surface area (TPSA) is 61.8 Å². The van der Waals surface area contributed by atoms with Gasteiger partial charge in [-0.3, -0.25) is 4.99 Å². The second kappa shape index (κ2) is 3.55. The minimum Gasteiger partial charge on any atom is -0.399 e. The van der Waals surface area contributed by atoms with E-state index in [-0.39, 0.29) is 0 Å². The van der Waals surface area contributed by atoms with Crippen molar-refractivity contribution in [2.75, 3.05) is 5.73 Å². The Bertz CT molecular complexity index is 464. The molecule has 1 aliphatic rings. The standard InChI is InChI=1S/C13H19N3O/c1-9-12(2,3)16(17)13(4,15-9)10-5-7-11(14)8-6-10/h5-8,17H,14H2,1-4H3/t13-/m1/s1. The summed E-state index contributed by atoms with van der Waals surface area (Å²) in [6.07, 6.45) is 0. The smallest absolute Gasteiger partial charge is 0.158 e. The number of hydrogen-bond donors (Lipinski definition) is 2. The molecule has 1 aliphatic heterocycles. The van der Waals surface area contributed by atoms with Crippen LogP contribution in [0.4, 0.5) is 5.69 Å². The Morgan fingerprint density at radius 3 is 2.12 bits per heavy atom. The summed E-state index contributed by atoms with van der Waals surface area (Å²) in [5.74, 6) is 0. The SMILES string of the molecule is CC1=N[C@@](C)(c2ccc(N)cc2)N(O)C1(C)C. The lowest BCUT2D eigenvalue weighted by Gasteiger charge is -2.36. The Morgan fingerprint density at radius 2 is 1.71 bits per heavy atom. The van der Waals surface area contributed by atoms with Crippen LogP contribution in [0, 0.1) is 0 Å². The second-order valence-electron chi connectivity index (χ2n) is 5.21. The predicted molar refractivity (Wildman–Crippen MR) is 69.0 cm³/mol. The van der Waals surface area contributed by atoms with Crippen molar-refractivity contribution in [2.45, 2.75) is 38.9 Å². The van der Waals surface area contributed by atoms with Crippen LogP contribution in [0.2, 0.25) is 0 Å². The fraction of sp³-hybridized carbons (Fsp3) is 0.462. The maximum absolute atomic E-state index is 10.4. The quantitative estimate of drug-likeness (QED) is 0.732. The summed E-state index contributed by atoms with van der Waals surface area (Å²) in [4.78, 5) is 4.61. The van der Waals surface area contributed by atoms with E-state index in [0.717, 1.165) is 11.3 Å². The van der Waals surface area contributed by atoms with E-state index < -0.39 is 11.2 Å². The van der Waals surface area contributed by atoms with Crippen LogP contribution in [0.1, 0.15) is 33.3 Å². The van der Waals surface area contributed by atoms with Gasteiger partial charge in [0.15, 0.2) is 5.66 Å². The van der Waals surface area contributed by atoms with E-state index in [2.05, 4.69) is 4.99 Å². The summed E-state index contributed by atoms with van der Waals surface area (Å²) in [5, 5.41) is 11.7. The Morgan fingerprint density at radius 1 is 1.18 bits per heavy atom. The number of nitrogens with zero attached hydrogens (tertiary/aromatic N) is 2. The monoisotopic (exact) mass is 233 g/mol. The molecule has 4 heteroatoms. The van der Waals surface area contributed by atoms with Gasteiger partial charge in [0.05, 0.1) is 5.54 Å². The first-order chi connectivity index (χ1) is 7.78. The number of benzene rings is 1. The number of nitrogen functional groups attached to an aromatic ring is 1. The number of rotatable bonds is 1. The number of anilines is 1. The highest BCUT2D eigenvalue weighted by molar-refractivity contribution is 5.92. The summed E-state index contributed by atoms with van der Waals surface area (Å²) < 4.78 is 0. The second-order valence-corrected chi connectivity index (χ2v) is 5.21. The maximum Gasteiger partial charge on any atom is 0.158 e. The number of aliphatic imine (C=N–C) groups is 1. The van der Waals surface area contributed by atoms with Gasteiger partial charge in [0.1, 0.15) is 0 Å². The lowest BCUT2D eigenvalue weighted by Crippen LogP contribution is -2.49. The van der Waals surface area contributed by atoms with Crippen molar-refractivity contribution in [3.63, 3.8) is 0 Å². The van der Waals surface area contributed by atoms with Crippen LogP contribution in [-0.2, 0) is 5.66 Å². The zero-order chi connectivity index (χ0) is 12.8. The molecule has 0 unspecified atom stereocenters. The van der Waals surface area contributed by atoms with Crippen LogP contribution in [0.25, 0.3) is 0 Å². The molecule has 1 aromatic carbocycles. The first kappa shape index (κ1) is 12.1. The van der Waals surface area contributed by atoms with Gasteiger partial charge in [-0.15, -0.1) is 5.06 Å². The molecule has 0 spiro atoms.